The third kappa shape index (κ3) is 14.3. The molecule has 7 N–H and O–H groups in total. The van der Waals surface area contributed by atoms with Crippen LogP contribution in [-0.2, 0) is 9.59 Å². The predicted molar refractivity (Wildman–Crippen MR) is 131 cm³/mol. The van der Waals surface area contributed by atoms with E-state index in [9.17, 15) is 19.6 Å². The van der Waals surface area contributed by atoms with E-state index >= 15 is 0 Å². The van der Waals surface area contributed by atoms with Crippen molar-refractivity contribution in [3.05, 3.63) is 0 Å². The van der Waals surface area contributed by atoms with E-state index in [1.807, 2.05) is 13.8 Å². The van der Waals surface area contributed by atoms with Crippen LogP contribution in [-0.4, -0.2) is 60.5 Å². The van der Waals surface area contributed by atoms with Crippen molar-refractivity contribution in [1.29, 1.82) is 0 Å². The molecule has 0 saturated heterocycles. The molecule has 0 aliphatic heterocycles. The molecule has 32 heavy (non-hydrogen) atoms. The van der Waals surface area contributed by atoms with Gasteiger partial charge in [-0.15, -0.1) is 0 Å². The lowest BCUT2D eigenvalue weighted by atomic mass is 9.75. The molecule has 0 radical (unpaired) electrons. The van der Waals surface area contributed by atoms with Gasteiger partial charge in [0.1, 0.15) is 6.04 Å². The number of carbonyl (C=O) groups is 2. The molecule has 0 aromatic heterocycles. The van der Waals surface area contributed by atoms with Crippen molar-refractivity contribution in [3.8, 4) is 0 Å². The summed E-state index contributed by atoms with van der Waals surface area (Å²) in [7, 11) is -0.0818. The molecule has 1 unspecified atom stereocenters. The zero-order chi connectivity index (χ0) is 24.5. The first-order valence-electron chi connectivity index (χ1n) is 12.1. The van der Waals surface area contributed by atoms with Crippen LogP contribution in [0.1, 0.15) is 85.5 Å². The second kappa shape index (κ2) is 17.7. The van der Waals surface area contributed by atoms with Gasteiger partial charge in [-0.05, 0) is 37.5 Å². The second-order valence-corrected chi connectivity index (χ2v) is 8.91. The first-order chi connectivity index (χ1) is 15.1. The highest BCUT2D eigenvalue weighted by molar-refractivity contribution is 6.43. The number of rotatable bonds is 17. The fraction of sp³-hybridized carbons (Fsp3) is 0.864. The van der Waals surface area contributed by atoms with Crippen LogP contribution in [0.25, 0.3) is 0 Å². The second-order valence-electron chi connectivity index (χ2n) is 8.91. The summed E-state index contributed by atoms with van der Waals surface area (Å²) in [5.74, 6) is -0.368. The summed E-state index contributed by atoms with van der Waals surface area (Å²) in [6.45, 7) is 8.69. The largest absolute Gasteiger partial charge is 0.475 e. The van der Waals surface area contributed by atoms with E-state index in [0.29, 0.717) is 44.1 Å². The normalized spacial score (nSPS) is 14.6. The minimum atomic E-state index is -1.66. The average molecular weight is 455 g/mol. The minimum Gasteiger partial charge on any atom is -0.426 e. The molecule has 0 bridgehead atoms. The van der Waals surface area contributed by atoms with Gasteiger partial charge in [-0.2, -0.15) is 0 Å². The molecule has 0 aliphatic rings. The number of hydrogen-bond donors (Lipinski definition) is 6. The van der Waals surface area contributed by atoms with Crippen molar-refractivity contribution in [2.75, 3.05) is 13.6 Å². The predicted octanol–water partition coefficient (Wildman–Crippen LogP) is 1.33. The number of carbonyl (C=O) groups excluding carboxylic acids is 2. The summed E-state index contributed by atoms with van der Waals surface area (Å²) in [4.78, 5) is 29.3. The topological polar surface area (TPSA) is 149 Å². The van der Waals surface area contributed by atoms with Crippen LogP contribution >= 0.6 is 0 Å². The number of nitrogens with two attached hydrogens (primary N) is 1. The maximum atomic E-state index is 12.9. The number of unbranched alkanes of at least 4 members (excludes halogenated alkanes) is 1. The molecular formula is C22H46BN5O4. The summed E-state index contributed by atoms with van der Waals surface area (Å²) in [6.07, 6.45) is 7.01. The lowest BCUT2D eigenvalue weighted by Crippen LogP contribution is -2.54. The lowest BCUT2D eigenvalue weighted by molar-refractivity contribution is -0.129. The third-order valence-corrected chi connectivity index (χ3v) is 5.60. The number of hydrogen-bond acceptors (Lipinski definition) is 5. The molecule has 0 aromatic carbocycles. The summed E-state index contributed by atoms with van der Waals surface area (Å²) in [5, 5.41) is 27.8. The maximum absolute atomic E-state index is 12.9. The maximum Gasteiger partial charge on any atom is 0.475 e. The molecule has 0 aliphatic carbocycles. The third-order valence-electron chi connectivity index (χ3n) is 5.60. The Morgan fingerprint density at radius 2 is 1.75 bits per heavy atom. The Kier molecular flexibility index (Phi) is 16.7. The molecule has 2 amide bonds. The number of nitrogens with zero attached hydrogens (tertiary/aromatic N) is 1. The first kappa shape index (κ1) is 30.2. The number of guanidine groups is 1. The van der Waals surface area contributed by atoms with Gasteiger partial charge in [-0.25, -0.2) is 0 Å². The van der Waals surface area contributed by atoms with Gasteiger partial charge in [-0.1, -0.05) is 53.4 Å². The molecule has 0 aromatic rings. The Balaban J connectivity index is 4.99. The van der Waals surface area contributed by atoms with Gasteiger partial charge in [0.25, 0.3) is 0 Å². The van der Waals surface area contributed by atoms with Crippen LogP contribution in [0.2, 0.25) is 0 Å². The SMILES string of the molecule is CCCCC(CC)CCC(=O)N[C@@H](CCCNC(N)=NC)C(=O)N[C@@H](CC(C)C)B(O)O. The van der Waals surface area contributed by atoms with Crippen LogP contribution in [0.3, 0.4) is 0 Å². The van der Waals surface area contributed by atoms with E-state index in [1.54, 1.807) is 7.05 Å². The average Bonchev–Trinajstić information content (AvgIpc) is 2.74. The molecule has 0 saturated carbocycles. The van der Waals surface area contributed by atoms with Crippen LogP contribution < -0.4 is 21.7 Å². The van der Waals surface area contributed by atoms with E-state index in [-0.39, 0.29) is 11.8 Å². The standard InChI is InChI=1S/C22H46BN5O4/c1-6-8-10-17(7-2)12-13-20(29)27-18(11-9-14-26-22(24)25-5)21(30)28-19(23(31)32)15-16(3)4/h16-19,31-32H,6-15H2,1-5H3,(H,27,29)(H,28,30)(H3,24,25,26)/t17?,18-,19-/m0/s1. The quantitative estimate of drug-likeness (QED) is 0.0843. The smallest absolute Gasteiger partial charge is 0.426 e. The van der Waals surface area contributed by atoms with Crippen molar-refractivity contribution in [2.45, 2.75) is 97.5 Å². The van der Waals surface area contributed by atoms with Gasteiger partial charge in [0, 0.05) is 20.0 Å². The molecule has 9 nitrogen and oxygen atoms in total. The van der Waals surface area contributed by atoms with E-state index < -0.39 is 25.0 Å². The van der Waals surface area contributed by atoms with Crippen LogP contribution in [0.15, 0.2) is 4.99 Å². The van der Waals surface area contributed by atoms with Crippen molar-refractivity contribution in [3.63, 3.8) is 0 Å². The van der Waals surface area contributed by atoms with Crippen molar-refractivity contribution in [1.82, 2.24) is 16.0 Å². The molecule has 10 heteroatoms. The molecule has 0 fully saturated rings. The summed E-state index contributed by atoms with van der Waals surface area (Å²) < 4.78 is 0. The number of aliphatic imine (C=N–C) groups is 1. The Morgan fingerprint density at radius 3 is 2.28 bits per heavy atom. The minimum absolute atomic E-state index is 0.160. The van der Waals surface area contributed by atoms with E-state index in [0.717, 1.165) is 32.1 Å². The van der Waals surface area contributed by atoms with E-state index in [4.69, 9.17) is 5.73 Å². The Labute approximate surface area is 194 Å². The van der Waals surface area contributed by atoms with Crippen molar-refractivity contribution in [2.24, 2.45) is 22.6 Å². The highest BCUT2D eigenvalue weighted by atomic mass is 16.4. The van der Waals surface area contributed by atoms with Crippen LogP contribution in [0.5, 0.6) is 0 Å². The highest BCUT2D eigenvalue weighted by Gasteiger charge is 2.29. The van der Waals surface area contributed by atoms with Crippen molar-refractivity contribution < 1.29 is 19.6 Å². The molecule has 3 atom stereocenters. The van der Waals surface area contributed by atoms with Crippen LogP contribution in [0.4, 0.5) is 0 Å². The molecule has 0 spiro atoms. The van der Waals surface area contributed by atoms with E-state index in [2.05, 4.69) is 34.8 Å². The zero-order valence-electron chi connectivity index (χ0n) is 20.7. The summed E-state index contributed by atoms with van der Waals surface area (Å²) in [6, 6.07) is -0.756. The Hall–Kier alpha value is -1.81. The van der Waals surface area contributed by atoms with Gasteiger partial charge in [0.2, 0.25) is 11.8 Å². The summed E-state index contributed by atoms with van der Waals surface area (Å²) in [5.41, 5.74) is 5.63. The molecule has 0 heterocycles. The molecule has 0 rings (SSSR count). The fourth-order valence-electron chi connectivity index (χ4n) is 3.56. The zero-order valence-corrected chi connectivity index (χ0v) is 20.7. The van der Waals surface area contributed by atoms with Crippen molar-refractivity contribution >= 4 is 24.9 Å². The Morgan fingerprint density at radius 1 is 1.06 bits per heavy atom. The highest BCUT2D eigenvalue weighted by Crippen LogP contribution is 2.18. The fourth-order valence-corrected chi connectivity index (χ4v) is 3.56. The van der Waals surface area contributed by atoms with Crippen LogP contribution in [0, 0.1) is 11.8 Å². The van der Waals surface area contributed by atoms with Gasteiger partial charge in [0.15, 0.2) is 5.96 Å². The van der Waals surface area contributed by atoms with Gasteiger partial charge in [0.05, 0.1) is 5.94 Å². The number of amides is 2. The first-order valence-corrected chi connectivity index (χ1v) is 12.1. The van der Waals surface area contributed by atoms with Gasteiger partial charge >= 0.3 is 7.12 Å². The monoisotopic (exact) mass is 455 g/mol. The Bertz CT molecular complexity index is 560. The molecular weight excluding hydrogens is 409 g/mol. The van der Waals surface area contributed by atoms with Gasteiger partial charge < -0.3 is 31.7 Å². The lowest BCUT2D eigenvalue weighted by Gasteiger charge is -2.24. The number of nitrogens with one attached hydrogen (secondary N) is 3. The van der Waals surface area contributed by atoms with Gasteiger partial charge in [-0.3, -0.25) is 14.6 Å². The van der Waals surface area contributed by atoms with E-state index in [1.165, 1.54) is 0 Å². The summed E-state index contributed by atoms with van der Waals surface area (Å²) >= 11 is 0. The molecule has 186 valence electrons.